The molecular weight excluding hydrogens is 741 g/mol. The van der Waals surface area contributed by atoms with Gasteiger partial charge >= 0.3 is 12.0 Å². The summed E-state index contributed by atoms with van der Waals surface area (Å²) in [5.74, 6) is 0.0340. The molecule has 1 aliphatic heterocycles. The normalized spacial score (nSPS) is 18.4. The molecule has 1 saturated heterocycles. The second-order valence-corrected chi connectivity index (χ2v) is 14.7. The number of amides is 2. The molecule has 6 aromatic rings. The number of ether oxygens (including phenoxy) is 3. The molecule has 13 heteroatoms. The van der Waals surface area contributed by atoms with Crippen molar-refractivity contribution in [2.24, 2.45) is 5.92 Å². The van der Waals surface area contributed by atoms with Crippen molar-refractivity contribution in [3.8, 4) is 16.8 Å². The fourth-order valence-corrected chi connectivity index (χ4v) is 7.82. The number of rotatable bonds is 14. The second kappa shape index (κ2) is 18.9. The number of benzene rings is 5. The van der Waals surface area contributed by atoms with E-state index in [-0.39, 0.29) is 31.3 Å². The number of urea groups is 1. The van der Waals surface area contributed by atoms with Gasteiger partial charge in [0.25, 0.3) is 0 Å². The molecule has 1 fully saturated rings. The number of carbonyl (C=O) groups excluding carboxylic acids is 2. The van der Waals surface area contributed by atoms with Crippen molar-refractivity contribution in [1.29, 1.82) is 0 Å². The molecule has 5 atom stereocenters. The van der Waals surface area contributed by atoms with Gasteiger partial charge in [-0.2, -0.15) is 4.68 Å². The van der Waals surface area contributed by atoms with E-state index in [0.717, 1.165) is 44.6 Å². The Labute approximate surface area is 335 Å². The first-order valence-corrected chi connectivity index (χ1v) is 19.7. The number of aliphatic hydroxyl groups is 1. The number of nitrogens with one attached hydrogen (secondary N) is 2. The molecule has 292 valence electrons. The molecule has 1 aromatic heterocycles. The number of aromatic nitrogens is 4. The number of esters is 1. The Morgan fingerprint density at radius 1 is 0.825 bits per heavy atom. The van der Waals surface area contributed by atoms with Crippen LogP contribution in [0.15, 0.2) is 139 Å². The largest absolute Gasteiger partial charge is 0.467 e. The minimum Gasteiger partial charge on any atom is -0.467 e. The molecule has 5 aromatic carbocycles. The Balaban J connectivity index is 1.06. The second-order valence-electron chi connectivity index (χ2n) is 13.8. The third-order valence-electron chi connectivity index (χ3n) is 9.89. The van der Waals surface area contributed by atoms with Gasteiger partial charge in [0.15, 0.2) is 6.29 Å². The average molecular weight is 785 g/mol. The predicted octanol–water partition coefficient (Wildman–Crippen LogP) is 6.99. The third-order valence-corrected chi connectivity index (χ3v) is 10.9. The highest BCUT2D eigenvalue weighted by molar-refractivity contribution is 7.99. The molecular formula is C44H44N6O6S. The van der Waals surface area contributed by atoms with E-state index in [0.29, 0.717) is 17.3 Å². The lowest BCUT2D eigenvalue weighted by atomic mass is 9.91. The van der Waals surface area contributed by atoms with Gasteiger partial charge in [0, 0.05) is 30.2 Å². The molecule has 2 amide bonds. The zero-order chi connectivity index (χ0) is 39.6. The number of para-hydroxylation sites is 1. The highest BCUT2D eigenvalue weighted by Crippen LogP contribution is 2.43. The van der Waals surface area contributed by atoms with Crippen molar-refractivity contribution in [3.05, 3.63) is 161 Å². The van der Waals surface area contributed by atoms with Crippen LogP contribution in [0.25, 0.3) is 16.8 Å². The van der Waals surface area contributed by atoms with Crippen LogP contribution < -0.4 is 10.6 Å². The smallest absolute Gasteiger partial charge is 0.328 e. The number of carbonyl (C=O) groups is 2. The Kier molecular flexibility index (Phi) is 13.0. The number of thioether (sulfide) groups is 1. The number of aliphatic hydroxyl groups excluding tert-OH is 1. The van der Waals surface area contributed by atoms with E-state index < -0.39 is 24.3 Å². The van der Waals surface area contributed by atoms with Gasteiger partial charge in [0.2, 0.25) is 5.16 Å². The quantitative estimate of drug-likeness (QED) is 0.0780. The zero-order valence-electron chi connectivity index (χ0n) is 31.6. The van der Waals surface area contributed by atoms with Crippen molar-refractivity contribution in [1.82, 2.24) is 30.8 Å². The first-order valence-electron chi connectivity index (χ1n) is 18.7. The van der Waals surface area contributed by atoms with Crippen LogP contribution >= 0.6 is 11.8 Å². The van der Waals surface area contributed by atoms with E-state index in [1.54, 1.807) is 4.68 Å². The van der Waals surface area contributed by atoms with Gasteiger partial charge in [-0.25, -0.2) is 9.59 Å². The van der Waals surface area contributed by atoms with E-state index in [1.807, 2.05) is 127 Å². The molecule has 1 aliphatic rings. The summed E-state index contributed by atoms with van der Waals surface area (Å²) in [4.78, 5) is 25.4. The van der Waals surface area contributed by atoms with Gasteiger partial charge in [0.05, 0.1) is 31.6 Å². The minimum atomic E-state index is -0.831. The van der Waals surface area contributed by atoms with E-state index in [4.69, 9.17) is 14.2 Å². The monoisotopic (exact) mass is 784 g/mol. The summed E-state index contributed by atoms with van der Waals surface area (Å²) in [6.07, 6.45) is -0.882. The van der Waals surface area contributed by atoms with Crippen LogP contribution in [0.5, 0.6) is 0 Å². The molecule has 0 spiro atoms. The summed E-state index contributed by atoms with van der Waals surface area (Å²) in [6, 6.07) is 41.8. The highest BCUT2D eigenvalue weighted by Gasteiger charge is 2.39. The number of nitrogens with zero attached hydrogens (tertiary/aromatic N) is 4. The van der Waals surface area contributed by atoms with E-state index in [9.17, 15) is 14.7 Å². The summed E-state index contributed by atoms with van der Waals surface area (Å²) in [5, 5.41) is 28.4. The molecule has 0 saturated carbocycles. The number of methoxy groups -OCH3 is 1. The van der Waals surface area contributed by atoms with Crippen molar-refractivity contribution in [2.45, 2.75) is 56.2 Å². The first-order chi connectivity index (χ1) is 27.9. The van der Waals surface area contributed by atoms with Crippen LogP contribution in [0.1, 0.15) is 47.1 Å². The number of hydrogen-bond acceptors (Lipinski definition) is 10. The SMILES string of the molecule is COC(=O)[C@H](Cc1ccccc1)NC(=O)NCc1cccc(-c2cccc([C@@H]3O[C@H](CSc4nnnn4-c4ccccc4)[C@H](C)[C@H](c4ccc(CO)cc4)O3)c2)c1. The maximum atomic E-state index is 12.9. The Morgan fingerprint density at radius 3 is 2.26 bits per heavy atom. The Hall–Kier alpha value is -5.86. The standard InChI is InChI=1S/C44H44N6O6S/c1-29-39(28-57-44-47-48-49-50(44)37-17-7-4-8-18-37)55-42(56-40(29)33-21-19-31(27-51)20-22-33)36-16-10-15-35(25-36)34-14-9-13-32(23-34)26-45-43(53)46-38(41(52)54-2)24-30-11-5-3-6-12-30/h3-23,25,29,38-40,42,51H,24,26-28H2,1-2H3,(H2,45,46,53)/t29-,38-,39+,40+,42+/m0/s1. The highest BCUT2D eigenvalue weighted by atomic mass is 32.2. The van der Waals surface area contributed by atoms with Gasteiger partial charge in [-0.15, -0.1) is 5.10 Å². The van der Waals surface area contributed by atoms with E-state index >= 15 is 0 Å². The van der Waals surface area contributed by atoms with E-state index in [1.165, 1.54) is 18.9 Å². The molecule has 2 heterocycles. The van der Waals surface area contributed by atoms with Gasteiger partial charge in [-0.1, -0.05) is 128 Å². The molecule has 12 nitrogen and oxygen atoms in total. The number of hydrogen-bond donors (Lipinski definition) is 3. The van der Waals surface area contributed by atoms with Crippen molar-refractivity contribution >= 4 is 23.8 Å². The topological polar surface area (TPSA) is 150 Å². The Bertz CT molecular complexity index is 2240. The van der Waals surface area contributed by atoms with Crippen LogP contribution in [0.3, 0.4) is 0 Å². The average Bonchev–Trinajstić information content (AvgIpc) is 3.74. The van der Waals surface area contributed by atoms with Crippen LogP contribution in [0.4, 0.5) is 4.79 Å². The van der Waals surface area contributed by atoms with Crippen LogP contribution in [-0.4, -0.2) is 62.3 Å². The van der Waals surface area contributed by atoms with Crippen LogP contribution in [-0.2, 0) is 38.6 Å². The summed E-state index contributed by atoms with van der Waals surface area (Å²) in [7, 11) is 1.31. The van der Waals surface area contributed by atoms with Gasteiger partial charge in [-0.05, 0) is 68.1 Å². The fourth-order valence-electron chi connectivity index (χ4n) is 6.77. The van der Waals surface area contributed by atoms with Crippen LogP contribution in [0.2, 0.25) is 0 Å². The van der Waals surface area contributed by atoms with Gasteiger partial charge in [-0.3, -0.25) is 0 Å². The molecule has 57 heavy (non-hydrogen) atoms. The lowest BCUT2D eigenvalue weighted by molar-refractivity contribution is -0.268. The summed E-state index contributed by atoms with van der Waals surface area (Å²) >= 11 is 1.53. The maximum absolute atomic E-state index is 12.9. The lowest BCUT2D eigenvalue weighted by Gasteiger charge is -2.41. The summed E-state index contributed by atoms with van der Waals surface area (Å²) in [6.45, 7) is 2.33. The summed E-state index contributed by atoms with van der Waals surface area (Å²) in [5.41, 5.74) is 7.25. The van der Waals surface area contributed by atoms with Gasteiger partial charge < -0.3 is 30.0 Å². The number of tetrazole rings is 1. The Morgan fingerprint density at radius 2 is 1.53 bits per heavy atom. The third kappa shape index (κ3) is 9.94. The van der Waals surface area contributed by atoms with Crippen molar-refractivity contribution in [3.63, 3.8) is 0 Å². The van der Waals surface area contributed by atoms with Gasteiger partial charge in [0.1, 0.15) is 6.04 Å². The predicted molar refractivity (Wildman–Crippen MR) is 216 cm³/mol. The van der Waals surface area contributed by atoms with Crippen LogP contribution in [0, 0.1) is 5.92 Å². The molecule has 0 radical (unpaired) electrons. The first kappa shape index (κ1) is 39.4. The molecule has 0 unspecified atom stereocenters. The molecule has 0 bridgehead atoms. The lowest BCUT2D eigenvalue weighted by Crippen LogP contribution is -2.47. The summed E-state index contributed by atoms with van der Waals surface area (Å²) < 4.78 is 20.2. The maximum Gasteiger partial charge on any atom is 0.328 e. The molecule has 7 rings (SSSR count). The zero-order valence-corrected chi connectivity index (χ0v) is 32.4. The molecule has 0 aliphatic carbocycles. The fraction of sp³-hybridized carbons (Fsp3) is 0.250. The molecule has 3 N–H and O–H groups in total. The van der Waals surface area contributed by atoms with E-state index in [2.05, 4.69) is 39.1 Å². The van der Waals surface area contributed by atoms with Crippen molar-refractivity contribution < 1.29 is 28.9 Å². The minimum absolute atomic E-state index is 0.0272. The van der Waals surface area contributed by atoms with Crippen molar-refractivity contribution in [2.75, 3.05) is 12.9 Å².